The SMILES string of the molecule is COc1cc(CNC[C@@H](O)c2ccccc2)cc(Br)c1OCc1ccccc1F. The van der Waals surface area contributed by atoms with Gasteiger partial charge in [0.2, 0.25) is 0 Å². The van der Waals surface area contributed by atoms with Crippen molar-refractivity contribution >= 4 is 15.9 Å². The van der Waals surface area contributed by atoms with Crippen LogP contribution < -0.4 is 14.8 Å². The minimum Gasteiger partial charge on any atom is -0.493 e. The van der Waals surface area contributed by atoms with Crippen molar-refractivity contribution in [1.82, 2.24) is 5.32 Å². The molecule has 0 aromatic heterocycles. The van der Waals surface area contributed by atoms with Gasteiger partial charge in [-0.2, -0.15) is 0 Å². The number of hydrogen-bond acceptors (Lipinski definition) is 4. The second kappa shape index (κ2) is 10.4. The molecule has 0 fully saturated rings. The first-order valence-electron chi connectivity index (χ1n) is 9.25. The Morgan fingerprint density at radius 3 is 2.52 bits per heavy atom. The number of nitrogens with one attached hydrogen (secondary N) is 1. The van der Waals surface area contributed by atoms with Crippen LogP contribution in [-0.4, -0.2) is 18.8 Å². The molecule has 3 aromatic carbocycles. The number of methoxy groups -OCH3 is 1. The second-order valence-electron chi connectivity index (χ2n) is 6.55. The zero-order valence-corrected chi connectivity index (χ0v) is 17.7. The predicted molar refractivity (Wildman–Crippen MR) is 115 cm³/mol. The fourth-order valence-electron chi connectivity index (χ4n) is 2.93. The second-order valence-corrected chi connectivity index (χ2v) is 7.40. The van der Waals surface area contributed by atoms with Gasteiger partial charge in [-0.25, -0.2) is 4.39 Å². The van der Waals surface area contributed by atoms with Crippen LogP contribution in [0.2, 0.25) is 0 Å². The summed E-state index contributed by atoms with van der Waals surface area (Å²) < 4.78 is 25.8. The molecule has 4 nitrogen and oxygen atoms in total. The molecular formula is C23H23BrFNO3. The van der Waals surface area contributed by atoms with Crippen LogP contribution in [-0.2, 0) is 13.2 Å². The topological polar surface area (TPSA) is 50.7 Å². The summed E-state index contributed by atoms with van der Waals surface area (Å²) in [6.45, 7) is 1.07. The predicted octanol–water partition coefficient (Wildman–Crippen LogP) is 5.00. The first-order valence-corrected chi connectivity index (χ1v) is 10.0. The molecular weight excluding hydrogens is 437 g/mol. The molecule has 0 saturated heterocycles. The Kier molecular flexibility index (Phi) is 7.63. The maximum Gasteiger partial charge on any atom is 0.175 e. The molecule has 0 amide bonds. The lowest BCUT2D eigenvalue weighted by Crippen LogP contribution is -2.21. The third-order valence-electron chi connectivity index (χ3n) is 4.47. The van der Waals surface area contributed by atoms with Gasteiger partial charge in [0.1, 0.15) is 12.4 Å². The molecule has 152 valence electrons. The van der Waals surface area contributed by atoms with Crippen molar-refractivity contribution in [3.63, 3.8) is 0 Å². The number of halogens is 2. The zero-order chi connectivity index (χ0) is 20.6. The molecule has 1 atom stereocenters. The van der Waals surface area contributed by atoms with E-state index in [1.54, 1.807) is 25.3 Å². The quantitative estimate of drug-likeness (QED) is 0.472. The number of ether oxygens (including phenoxy) is 2. The van der Waals surface area contributed by atoms with E-state index in [4.69, 9.17) is 9.47 Å². The van der Waals surface area contributed by atoms with E-state index in [0.29, 0.717) is 34.6 Å². The highest BCUT2D eigenvalue weighted by Gasteiger charge is 2.13. The van der Waals surface area contributed by atoms with Crippen LogP contribution in [0, 0.1) is 5.82 Å². The van der Waals surface area contributed by atoms with Gasteiger partial charge in [0.25, 0.3) is 0 Å². The number of benzene rings is 3. The Morgan fingerprint density at radius 1 is 1.07 bits per heavy atom. The van der Waals surface area contributed by atoms with E-state index in [1.165, 1.54) is 6.07 Å². The van der Waals surface area contributed by atoms with Crippen LogP contribution in [0.25, 0.3) is 0 Å². The largest absolute Gasteiger partial charge is 0.493 e. The molecule has 3 aromatic rings. The Labute approximate surface area is 178 Å². The van der Waals surface area contributed by atoms with Crippen molar-refractivity contribution in [2.45, 2.75) is 19.3 Å². The third-order valence-corrected chi connectivity index (χ3v) is 5.06. The number of hydrogen-bond donors (Lipinski definition) is 2. The van der Waals surface area contributed by atoms with E-state index in [2.05, 4.69) is 21.2 Å². The van der Waals surface area contributed by atoms with Gasteiger partial charge in [-0.05, 0) is 45.3 Å². The van der Waals surface area contributed by atoms with Crippen LogP contribution in [0.4, 0.5) is 4.39 Å². The summed E-state index contributed by atoms with van der Waals surface area (Å²) in [5.74, 6) is 0.764. The fraction of sp³-hybridized carbons (Fsp3) is 0.217. The van der Waals surface area contributed by atoms with Crippen LogP contribution in [0.1, 0.15) is 22.8 Å². The van der Waals surface area contributed by atoms with Crippen LogP contribution in [0.5, 0.6) is 11.5 Å². The summed E-state index contributed by atoms with van der Waals surface area (Å²) in [7, 11) is 1.56. The highest BCUT2D eigenvalue weighted by atomic mass is 79.9. The van der Waals surface area contributed by atoms with Gasteiger partial charge in [-0.1, -0.05) is 48.5 Å². The third kappa shape index (κ3) is 5.79. The molecule has 0 unspecified atom stereocenters. The van der Waals surface area contributed by atoms with E-state index >= 15 is 0 Å². The van der Waals surface area contributed by atoms with Crippen molar-refractivity contribution in [2.75, 3.05) is 13.7 Å². The number of aliphatic hydroxyl groups is 1. The van der Waals surface area contributed by atoms with Gasteiger partial charge in [-0.15, -0.1) is 0 Å². The van der Waals surface area contributed by atoms with Crippen LogP contribution in [0.15, 0.2) is 71.2 Å². The average Bonchev–Trinajstić information content (AvgIpc) is 2.74. The molecule has 0 aliphatic carbocycles. The van der Waals surface area contributed by atoms with E-state index in [1.807, 2.05) is 42.5 Å². The summed E-state index contributed by atoms with van der Waals surface area (Å²) in [6, 6.07) is 19.8. The highest BCUT2D eigenvalue weighted by Crippen LogP contribution is 2.37. The molecule has 0 radical (unpaired) electrons. The fourth-order valence-corrected chi connectivity index (χ4v) is 3.53. The molecule has 2 N–H and O–H groups in total. The first-order chi connectivity index (χ1) is 14.1. The smallest absolute Gasteiger partial charge is 0.175 e. The molecule has 0 aliphatic rings. The maximum atomic E-state index is 13.8. The summed E-state index contributed by atoms with van der Waals surface area (Å²) in [5.41, 5.74) is 2.31. The van der Waals surface area contributed by atoms with Crippen LogP contribution in [0.3, 0.4) is 0 Å². The Morgan fingerprint density at radius 2 is 1.79 bits per heavy atom. The molecule has 0 aliphatic heterocycles. The van der Waals surface area contributed by atoms with E-state index in [0.717, 1.165) is 11.1 Å². The molecule has 6 heteroatoms. The molecule has 0 heterocycles. The van der Waals surface area contributed by atoms with Crippen LogP contribution >= 0.6 is 15.9 Å². The average molecular weight is 460 g/mol. The Hall–Kier alpha value is -2.41. The minimum atomic E-state index is -0.579. The molecule has 0 spiro atoms. The van der Waals surface area contributed by atoms with E-state index < -0.39 is 6.10 Å². The summed E-state index contributed by atoms with van der Waals surface area (Å²) >= 11 is 3.51. The zero-order valence-electron chi connectivity index (χ0n) is 16.1. The van der Waals surface area contributed by atoms with Crippen molar-refractivity contribution in [3.8, 4) is 11.5 Å². The van der Waals surface area contributed by atoms with E-state index in [9.17, 15) is 9.50 Å². The molecule has 0 saturated carbocycles. The monoisotopic (exact) mass is 459 g/mol. The highest BCUT2D eigenvalue weighted by molar-refractivity contribution is 9.10. The van der Waals surface area contributed by atoms with Gasteiger partial charge in [0.05, 0.1) is 17.7 Å². The van der Waals surface area contributed by atoms with Crippen molar-refractivity contribution in [2.24, 2.45) is 0 Å². The Bertz CT molecular complexity index is 937. The van der Waals surface area contributed by atoms with Gasteiger partial charge >= 0.3 is 0 Å². The van der Waals surface area contributed by atoms with Crippen molar-refractivity contribution in [1.29, 1.82) is 0 Å². The molecule has 0 bridgehead atoms. The summed E-state index contributed by atoms with van der Waals surface area (Å²) in [5, 5.41) is 13.5. The summed E-state index contributed by atoms with van der Waals surface area (Å²) in [4.78, 5) is 0. The van der Waals surface area contributed by atoms with Gasteiger partial charge < -0.3 is 19.9 Å². The van der Waals surface area contributed by atoms with Gasteiger partial charge in [-0.3, -0.25) is 0 Å². The lowest BCUT2D eigenvalue weighted by Gasteiger charge is -2.16. The lowest BCUT2D eigenvalue weighted by molar-refractivity contribution is 0.174. The minimum absolute atomic E-state index is 0.0997. The van der Waals surface area contributed by atoms with Gasteiger partial charge in [0, 0.05) is 18.7 Å². The van der Waals surface area contributed by atoms with Crippen molar-refractivity contribution in [3.05, 3.63) is 93.7 Å². The Balaban J connectivity index is 1.62. The van der Waals surface area contributed by atoms with Crippen molar-refractivity contribution < 1.29 is 19.0 Å². The first kappa shape index (κ1) is 21.3. The van der Waals surface area contributed by atoms with E-state index in [-0.39, 0.29) is 12.4 Å². The number of aliphatic hydroxyl groups excluding tert-OH is 1. The maximum absolute atomic E-state index is 13.8. The van der Waals surface area contributed by atoms with Gasteiger partial charge in [0.15, 0.2) is 11.5 Å². The lowest BCUT2D eigenvalue weighted by atomic mass is 10.1. The molecule has 3 rings (SSSR count). The number of rotatable bonds is 9. The summed E-state index contributed by atoms with van der Waals surface area (Å²) in [6.07, 6.45) is -0.579. The molecule has 29 heavy (non-hydrogen) atoms. The standard InChI is InChI=1S/C23H23BrFNO3/c1-28-22-12-16(13-26-14-21(27)17-7-3-2-4-8-17)11-19(24)23(22)29-15-18-9-5-6-10-20(18)25/h2-12,21,26-27H,13-15H2,1H3/t21-/m1/s1. The normalized spacial score (nSPS) is 11.9.